The SMILES string of the molecule is CN(C)CC(=O)N[C@@H](Cc1cccnc1)C(=O)N[C@@H](CCC(=O)C=N)C(=O)OC(C)(C)C. The van der Waals surface area contributed by atoms with Crippen LogP contribution < -0.4 is 10.6 Å². The van der Waals surface area contributed by atoms with Crippen molar-refractivity contribution in [2.45, 2.75) is 57.7 Å². The van der Waals surface area contributed by atoms with Crippen LogP contribution in [0.3, 0.4) is 0 Å². The molecule has 32 heavy (non-hydrogen) atoms. The van der Waals surface area contributed by atoms with Gasteiger partial charge in [0.2, 0.25) is 11.8 Å². The van der Waals surface area contributed by atoms with Crippen LogP contribution in [0.2, 0.25) is 0 Å². The van der Waals surface area contributed by atoms with Gasteiger partial charge < -0.3 is 25.7 Å². The predicted octanol–water partition coefficient (Wildman–Crippen LogP) is 0.496. The molecular weight excluding hydrogens is 414 g/mol. The third kappa shape index (κ3) is 10.8. The van der Waals surface area contributed by atoms with Crippen LogP contribution in [-0.2, 0) is 30.3 Å². The lowest BCUT2D eigenvalue weighted by Crippen LogP contribution is -2.54. The molecule has 0 aliphatic carbocycles. The molecule has 0 saturated carbocycles. The standard InChI is InChI=1S/C22H33N5O5/c1-22(2,3)32-21(31)17(9-8-16(28)12-23)26-20(30)18(25-19(29)14-27(4)5)11-15-7-6-10-24-13-15/h6-7,10,12-13,17-18,23H,8-9,11,14H2,1-5H3,(H,25,29)(H,26,30)/t17-,18-/m0/s1. The van der Waals surface area contributed by atoms with E-state index in [0.29, 0.717) is 6.21 Å². The van der Waals surface area contributed by atoms with Crippen molar-refractivity contribution in [1.29, 1.82) is 5.41 Å². The highest BCUT2D eigenvalue weighted by molar-refractivity contribution is 6.26. The third-order valence-corrected chi connectivity index (χ3v) is 4.12. The number of amides is 2. The summed E-state index contributed by atoms with van der Waals surface area (Å²) >= 11 is 0. The number of hydrogen-bond acceptors (Lipinski definition) is 8. The van der Waals surface area contributed by atoms with Crippen molar-refractivity contribution < 1.29 is 23.9 Å². The number of carbonyl (C=O) groups is 4. The van der Waals surface area contributed by atoms with Crippen molar-refractivity contribution in [3.8, 4) is 0 Å². The second-order valence-electron chi connectivity index (χ2n) is 8.67. The molecule has 10 nitrogen and oxygen atoms in total. The summed E-state index contributed by atoms with van der Waals surface area (Å²) in [5, 5.41) is 12.3. The van der Waals surface area contributed by atoms with Crippen molar-refractivity contribution in [2.24, 2.45) is 0 Å². The van der Waals surface area contributed by atoms with Crippen LogP contribution in [-0.4, -0.2) is 78.0 Å². The first-order chi connectivity index (χ1) is 14.9. The normalized spacial score (nSPS) is 13.1. The summed E-state index contributed by atoms with van der Waals surface area (Å²) in [5.74, 6) is -2.10. The van der Waals surface area contributed by atoms with Crippen LogP contribution >= 0.6 is 0 Å². The summed E-state index contributed by atoms with van der Waals surface area (Å²) in [6, 6.07) is 1.43. The number of esters is 1. The van der Waals surface area contributed by atoms with Gasteiger partial charge >= 0.3 is 5.97 Å². The van der Waals surface area contributed by atoms with Crippen LogP contribution in [0.1, 0.15) is 39.2 Å². The van der Waals surface area contributed by atoms with Crippen molar-refractivity contribution in [1.82, 2.24) is 20.5 Å². The van der Waals surface area contributed by atoms with E-state index in [4.69, 9.17) is 10.1 Å². The van der Waals surface area contributed by atoms with E-state index in [-0.39, 0.29) is 31.7 Å². The van der Waals surface area contributed by atoms with Gasteiger partial charge in [0, 0.05) is 25.2 Å². The predicted molar refractivity (Wildman–Crippen MR) is 119 cm³/mol. The third-order valence-electron chi connectivity index (χ3n) is 4.12. The lowest BCUT2D eigenvalue weighted by molar-refractivity contribution is -0.159. The zero-order valence-electron chi connectivity index (χ0n) is 19.3. The van der Waals surface area contributed by atoms with E-state index in [1.807, 2.05) is 0 Å². The van der Waals surface area contributed by atoms with Gasteiger partial charge in [-0.3, -0.25) is 19.4 Å². The van der Waals surface area contributed by atoms with Gasteiger partial charge in [-0.15, -0.1) is 0 Å². The van der Waals surface area contributed by atoms with Gasteiger partial charge in [0.1, 0.15) is 17.7 Å². The van der Waals surface area contributed by atoms with E-state index in [2.05, 4.69) is 15.6 Å². The molecule has 0 unspecified atom stereocenters. The smallest absolute Gasteiger partial charge is 0.329 e. The van der Waals surface area contributed by atoms with Crippen LogP contribution in [0.4, 0.5) is 0 Å². The molecule has 2 atom stereocenters. The first kappa shape index (κ1) is 26.9. The maximum absolute atomic E-state index is 13.1. The highest BCUT2D eigenvalue weighted by atomic mass is 16.6. The lowest BCUT2D eigenvalue weighted by atomic mass is 10.0. The molecule has 0 saturated heterocycles. The monoisotopic (exact) mass is 447 g/mol. The highest BCUT2D eigenvalue weighted by Gasteiger charge is 2.30. The number of aromatic nitrogens is 1. The van der Waals surface area contributed by atoms with E-state index in [0.717, 1.165) is 5.56 Å². The summed E-state index contributed by atoms with van der Waals surface area (Å²) in [5.41, 5.74) is -0.0636. The van der Waals surface area contributed by atoms with Gasteiger partial charge in [0.25, 0.3) is 0 Å². The van der Waals surface area contributed by atoms with Crippen molar-refractivity contribution in [3.63, 3.8) is 0 Å². The highest BCUT2D eigenvalue weighted by Crippen LogP contribution is 2.12. The summed E-state index contributed by atoms with van der Waals surface area (Å²) < 4.78 is 5.37. The van der Waals surface area contributed by atoms with E-state index in [1.165, 1.54) is 0 Å². The van der Waals surface area contributed by atoms with Crippen molar-refractivity contribution in [2.75, 3.05) is 20.6 Å². The Balaban J connectivity index is 3.03. The number of nitrogens with zero attached hydrogens (tertiary/aromatic N) is 2. The molecule has 1 aromatic rings. The van der Waals surface area contributed by atoms with Crippen LogP contribution in [0.15, 0.2) is 24.5 Å². The topological polar surface area (TPSA) is 142 Å². The molecule has 1 rings (SSSR count). The van der Waals surface area contributed by atoms with E-state index in [9.17, 15) is 19.2 Å². The Morgan fingerprint density at radius 1 is 1.19 bits per heavy atom. The first-order valence-corrected chi connectivity index (χ1v) is 10.3. The zero-order valence-corrected chi connectivity index (χ0v) is 19.3. The van der Waals surface area contributed by atoms with E-state index < -0.39 is 35.3 Å². The van der Waals surface area contributed by atoms with Crippen LogP contribution in [0.5, 0.6) is 0 Å². The number of hydrogen-bond donors (Lipinski definition) is 3. The molecular formula is C22H33N5O5. The Morgan fingerprint density at radius 3 is 2.41 bits per heavy atom. The molecule has 2 amide bonds. The summed E-state index contributed by atoms with van der Waals surface area (Å²) in [7, 11) is 3.46. The Bertz CT molecular complexity index is 805. The Labute approximate surface area is 188 Å². The van der Waals surface area contributed by atoms with Gasteiger partial charge in [0.15, 0.2) is 5.78 Å². The van der Waals surface area contributed by atoms with Gasteiger partial charge in [-0.05, 0) is 52.9 Å². The molecule has 1 aromatic heterocycles. The summed E-state index contributed by atoms with van der Waals surface area (Å²) in [6.45, 7) is 5.16. The Hall–Kier alpha value is -3.14. The fourth-order valence-electron chi connectivity index (χ4n) is 2.74. The average Bonchev–Trinajstić information content (AvgIpc) is 2.68. The Morgan fingerprint density at radius 2 is 1.88 bits per heavy atom. The van der Waals surface area contributed by atoms with Crippen LogP contribution in [0.25, 0.3) is 0 Å². The van der Waals surface area contributed by atoms with Crippen LogP contribution in [0, 0.1) is 5.41 Å². The number of nitrogens with one attached hydrogen (secondary N) is 3. The number of likely N-dealkylation sites (N-methyl/N-ethyl adjacent to an activating group) is 1. The molecule has 10 heteroatoms. The zero-order chi connectivity index (χ0) is 24.3. The van der Waals surface area contributed by atoms with Crippen molar-refractivity contribution in [3.05, 3.63) is 30.1 Å². The van der Waals surface area contributed by atoms with E-state index in [1.54, 1.807) is 64.3 Å². The number of ketones is 1. The quantitative estimate of drug-likeness (QED) is 0.313. The molecule has 3 N–H and O–H groups in total. The Kier molecular flexibility index (Phi) is 10.6. The second kappa shape index (κ2) is 12.7. The second-order valence-corrected chi connectivity index (χ2v) is 8.67. The van der Waals surface area contributed by atoms with Gasteiger partial charge in [-0.2, -0.15) is 0 Å². The fraction of sp³-hybridized carbons (Fsp3) is 0.545. The van der Waals surface area contributed by atoms with Gasteiger partial charge in [-0.1, -0.05) is 6.07 Å². The molecule has 0 bridgehead atoms. The molecule has 0 spiro atoms. The maximum atomic E-state index is 13.1. The first-order valence-electron chi connectivity index (χ1n) is 10.3. The number of carbonyl (C=O) groups excluding carboxylic acids is 4. The minimum absolute atomic E-state index is 0.0277. The minimum Gasteiger partial charge on any atom is -0.458 e. The molecule has 176 valence electrons. The summed E-state index contributed by atoms with van der Waals surface area (Å²) in [4.78, 5) is 55.3. The molecule has 0 aliphatic heterocycles. The number of Topliss-reactive ketones (excluding diaryl/α,β-unsaturated/α-hetero) is 1. The van der Waals surface area contributed by atoms with Crippen molar-refractivity contribution >= 4 is 29.8 Å². The largest absolute Gasteiger partial charge is 0.458 e. The number of pyridine rings is 1. The minimum atomic E-state index is -1.10. The van der Waals surface area contributed by atoms with Gasteiger partial charge in [-0.25, -0.2) is 4.79 Å². The fourth-order valence-corrected chi connectivity index (χ4v) is 2.74. The molecule has 0 fully saturated rings. The molecule has 0 aliphatic rings. The lowest BCUT2D eigenvalue weighted by Gasteiger charge is -2.26. The van der Waals surface area contributed by atoms with E-state index >= 15 is 0 Å². The maximum Gasteiger partial charge on any atom is 0.329 e. The number of ether oxygens (including phenoxy) is 1. The van der Waals surface area contributed by atoms with Gasteiger partial charge in [0.05, 0.1) is 12.8 Å². The average molecular weight is 448 g/mol. The molecule has 1 heterocycles. The number of rotatable bonds is 12. The summed E-state index contributed by atoms with van der Waals surface area (Å²) in [6.07, 6.45) is 3.89. The molecule has 0 aromatic carbocycles. The molecule has 0 radical (unpaired) electrons.